The van der Waals surface area contributed by atoms with Gasteiger partial charge < -0.3 is 14.4 Å². The van der Waals surface area contributed by atoms with E-state index in [1.807, 2.05) is 26.8 Å². The van der Waals surface area contributed by atoms with E-state index >= 15 is 0 Å². The normalized spacial score (nSPS) is 18.9. The third-order valence-corrected chi connectivity index (χ3v) is 3.77. The molecule has 0 saturated carbocycles. The molecule has 1 unspecified atom stereocenters. The first-order valence-electron chi connectivity index (χ1n) is 7.35. The highest BCUT2D eigenvalue weighted by Gasteiger charge is 2.24. The van der Waals surface area contributed by atoms with Crippen molar-refractivity contribution in [2.24, 2.45) is 0 Å². The molecule has 0 spiro atoms. The third-order valence-electron chi connectivity index (χ3n) is 3.77. The molecule has 116 valence electrons. The minimum atomic E-state index is -0.987. The number of nitrogens with zero attached hydrogens (tertiary/aromatic N) is 1. The smallest absolute Gasteiger partial charge is 0.308 e. The van der Waals surface area contributed by atoms with Gasteiger partial charge in [0, 0.05) is 23.3 Å². The molecule has 1 atom stereocenters. The lowest BCUT2D eigenvalue weighted by Gasteiger charge is -2.26. The molecule has 0 aromatic carbocycles. The van der Waals surface area contributed by atoms with Crippen LogP contribution in [0.25, 0.3) is 0 Å². The fraction of sp³-hybridized carbons (Fsp3) is 0.625. The molecule has 0 aliphatic carbocycles. The van der Waals surface area contributed by atoms with Crippen molar-refractivity contribution >= 4 is 5.97 Å². The number of rotatable bonds is 4. The monoisotopic (exact) mass is 293 g/mol. The highest BCUT2D eigenvalue weighted by atomic mass is 16.5. The van der Waals surface area contributed by atoms with Crippen molar-refractivity contribution in [2.75, 3.05) is 6.61 Å². The van der Waals surface area contributed by atoms with E-state index in [0.29, 0.717) is 12.1 Å². The van der Waals surface area contributed by atoms with E-state index in [0.717, 1.165) is 25.1 Å². The summed E-state index contributed by atoms with van der Waals surface area (Å²) in [4.78, 5) is 23.5. The standard InChI is InChI=1S/C16H23NO4/c1-16(2,3)13-7-6-11(9-14(18)19)15(20)17(13)10-12-5-4-8-21-12/h6-7,12H,4-5,8-10H2,1-3H3,(H,18,19). The van der Waals surface area contributed by atoms with Gasteiger partial charge in [-0.05, 0) is 18.9 Å². The van der Waals surface area contributed by atoms with Gasteiger partial charge in [-0.25, -0.2) is 0 Å². The van der Waals surface area contributed by atoms with Crippen molar-refractivity contribution in [1.29, 1.82) is 0 Å². The van der Waals surface area contributed by atoms with E-state index in [9.17, 15) is 9.59 Å². The zero-order chi connectivity index (χ0) is 15.6. The SMILES string of the molecule is CC(C)(C)c1ccc(CC(=O)O)c(=O)n1CC1CCCO1. The average molecular weight is 293 g/mol. The van der Waals surface area contributed by atoms with Gasteiger partial charge in [0.15, 0.2) is 0 Å². The second-order valence-electron chi connectivity index (χ2n) is 6.62. The first kappa shape index (κ1) is 15.8. The Kier molecular flexibility index (Phi) is 4.52. The summed E-state index contributed by atoms with van der Waals surface area (Å²) in [5.74, 6) is -0.987. The van der Waals surface area contributed by atoms with Crippen LogP contribution in [-0.2, 0) is 27.9 Å². The Morgan fingerprint density at radius 2 is 2.14 bits per heavy atom. The van der Waals surface area contributed by atoms with Gasteiger partial charge in [0.25, 0.3) is 5.56 Å². The first-order chi connectivity index (χ1) is 9.79. The summed E-state index contributed by atoms with van der Waals surface area (Å²) >= 11 is 0. The lowest BCUT2D eigenvalue weighted by Crippen LogP contribution is -2.35. The maximum atomic E-state index is 12.6. The van der Waals surface area contributed by atoms with Crippen LogP contribution in [0.5, 0.6) is 0 Å². The van der Waals surface area contributed by atoms with Crippen LogP contribution in [0.1, 0.15) is 44.9 Å². The molecular formula is C16H23NO4. The Bertz CT molecular complexity index is 577. The molecule has 1 aliphatic heterocycles. The Hall–Kier alpha value is -1.62. The van der Waals surface area contributed by atoms with Crippen molar-refractivity contribution in [1.82, 2.24) is 4.57 Å². The number of hydrogen-bond acceptors (Lipinski definition) is 3. The maximum Gasteiger partial charge on any atom is 0.308 e. The van der Waals surface area contributed by atoms with Crippen molar-refractivity contribution < 1.29 is 14.6 Å². The molecule has 0 bridgehead atoms. The second-order valence-corrected chi connectivity index (χ2v) is 6.62. The molecular weight excluding hydrogens is 270 g/mol. The highest BCUT2D eigenvalue weighted by molar-refractivity contribution is 5.70. The summed E-state index contributed by atoms with van der Waals surface area (Å²) in [6, 6.07) is 3.51. The number of carboxylic acid groups (broad SMARTS) is 1. The van der Waals surface area contributed by atoms with Gasteiger partial charge in [-0.1, -0.05) is 26.8 Å². The van der Waals surface area contributed by atoms with Crippen LogP contribution in [0.3, 0.4) is 0 Å². The van der Waals surface area contributed by atoms with E-state index in [1.54, 1.807) is 10.6 Å². The maximum absolute atomic E-state index is 12.6. The van der Waals surface area contributed by atoms with Crippen LogP contribution in [0.15, 0.2) is 16.9 Å². The highest BCUT2D eigenvalue weighted by Crippen LogP contribution is 2.23. The molecule has 0 amide bonds. The summed E-state index contributed by atoms with van der Waals surface area (Å²) in [6.07, 6.45) is 1.76. The number of hydrogen-bond donors (Lipinski definition) is 1. The Morgan fingerprint density at radius 1 is 1.43 bits per heavy atom. The minimum absolute atomic E-state index is 0.0453. The fourth-order valence-electron chi connectivity index (χ4n) is 2.75. The summed E-state index contributed by atoms with van der Waals surface area (Å²) in [5, 5.41) is 8.92. The molecule has 2 rings (SSSR count). The predicted octanol–water partition coefficient (Wildman–Crippen LogP) is 1.95. The van der Waals surface area contributed by atoms with E-state index in [2.05, 4.69) is 0 Å². The summed E-state index contributed by atoms with van der Waals surface area (Å²) in [6.45, 7) is 7.37. The lowest BCUT2D eigenvalue weighted by atomic mass is 9.90. The second kappa shape index (κ2) is 6.02. The Labute approximate surface area is 124 Å². The zero-order valence-corrected chi connectivity index (χ0v) is 12.9. The van der Waals surface area contributed by atoms with Gasteiger partial charge in [-0.3, -0.25) is 9.59 Å². The molecule has 1 fully saturated rings. The Balaban J connectivity index is 2.44. The topological polar surface area (TPSA) is 68.5 Å². The van der Waals surface area contributed by atoms with Gasteiger partial charge >= 0.3 is 5.97 Å². The van der Waals surface area contributed by atoms with Crippen LogP contribution >= 0.6 is 0 Å². The Morgan fingerprint density at radius 3 is 2.67 bits per heavy atom. The van der Waals surface area contributed by atoms with Crippen molar-refractivity contribution in [3.8, 4) is 0 Å². The van der Waals surface area contributed by atoms with E-state index in [1.165, 1.54) is 0 Å². The third kappa shape index (κ3) is 3.73. The molecule has 1 aromatic rings. The molecule has 1 N–H and O–H groups in total. The van der Waals surface area contributed by atoms with E-state index in [4.69, 9.17) is 9.84 Å². The molecule has 2 heterocycles. The summed E-state index contributed by atoms with van der Waals surface area (Å²) in [7, 11) is 0. The van der Waals surface area contributed by atoms with Gasteiger partial charge in [-0.15, -0.1) is 0 Å². The largest absolute Gasteiger partial charge is 0.481 e. The van der Waals surface area contributed by atoms with Gasteiger partial charge in [0.2, 0.25) is 0 Å². The number of aliphatic carboxylic acids is 1. The van der Waals surface area contributed by atoms with Crippen LogP contribution in [0.4, 0.5) is 0 Å². The zero-order valence-electron chi connectivity index (χ0n) is 12.9. The summed E-state index contributed by atoms with van der Waals surface area (Å²) in [5.41, 5.74) is 0.852. The number of carboxylic acids is 1. The van der Waals surface area contributed by atoms with Crippen LogP contribution in [0, 0.1) is 0 Å². The number of aromatic nitrogens is 1. The minimum Gasteiger partial charge on any atom is -0.481 e. The van der Waals surface area contributed by atoms with Crippen LogP contribution < -0.4 is 5.56 Å². The lowest BCUT2D eigenvalue weighted by molar-refractivity contribution is -0.136. The first-order valence-corrected chi connectivity index (χ1v) is 7.35. The van der Waals surface area contributed by atoms with Gasteiger partial charge in [0.05, 0.1) is 19.1 Å². The summed E-state index contributed by atoms with van der Waals surface area (Å²) < 4.78 is 7.33. The van der Waals surface area contributed by atoms with Gasteiger partial charge in [0.1, 0.15) is 0 Å². The molecule has 5 heteroatoms. The van der Waals surface area contributed by atoms with E-state index in [-0.39, 0.29) is 23.5 Å². The number of pyridine rings is 1. The van der Waals surface area contributed by atoms with Gasteiger partial charge in [-0.2, -0.15) is 0 Å². The molecule has 1 aliphatic rings. The fourth-order valence-corrected chi connectivity index (χ4v) is 2.75. The molecule has 5 nitrogen and oxygen atoms in total. The predicted molar refractivity (Wildman–Crippen MR) is 79.7 cm³/mol. The van der Waals surface area contributed by atoms with Crippen LogP contribution in [0.2, 0.25) is 0 Å². The van der Waals surface area contributed by atoms with Crippen molar-refractivity contribution in [2.45, 2.75) is 58.1 Å². The quantitative estimate of drug-likeness (QED) is 0.921. The molecule has 1 saturated heterocycles. The van der Waals surface area contributed by atoms with Crippen molar-refractivity contribution in [3.05, 3.63) is 33.7 Å². The average Bonchev–Trinajstić information content (AvgIpc) is 2.85. The molecule has 1 aromatic heterocycles. The number of ether oxygens (including phenoxy) is 1. The van der Waals surface area contributed by atoms with E-state index < -0.39 is 5.97 Å². The van der Waals surface area contributed by atoms with Crippen LogP contribution in [-0.4, -0.2) is 28.4 Å². The van der Waals surface area contributed by atoms with Crippen molar-refractivity contribution in [3.63, 3.8) is 0 Å². The molecule has 0 radical (unpaired) electrons. The number of carbonyl (C=O) groups is 1. The molecule has 21 heavy (non-hydrogen) atoms.